The molecule has 2 aromatic rings. The van der Waals surface area contributed by atoms with Crippen LogP contribution < -0.4 is 10.6 Å². The second-order valence-corrected chi connectivity index (χ2v) is 7.71. The van der Waals surface area contributed by atoms with Gasteiger partial charge < -0.3 is 20.3 Å². The first-order chi connectivity index (χ1) is 13.1. The van der Waals surface area contributed by atoms with Gasteiger partial charge >= 0.3 is 0 Å². The van der Waals surface area contributed by atoms with Gasteiger partial charge in [0.25, 0.3) is 0 Å². The molecule has 2 aliphatic heterocycles. The first kappa shape index (κ1) is 18.0. The fraction of sp³-hybridized carbons (Fsp3) is 0.409. The number of hydrogen-bond acceptors (Lipinski definition) is 4. The van der Waals surface area contributed by atoms with Crippen LogP contribution in [0.2, 0.25) is 0 Å². The second kappa shape index (κ2) is 7.71. The van der Waals surface area contributed by atoms with Crippen molar-refractivity contribution in [1.82, 2.24) is 4.90 Å². The van der Waals surface area contributed by atoms with Crippen LogP contribution in [0.25, 0.3) is 0 Å². The lowest BCUT2D eigenvalue weighted by Crippen LogP contribution is -2.55. The van der Waals surface area contributed by atoms with Crippen LogP contribution in [0.15, 0.2) is 53.5 Å². The smallest absolute Gasteiger partial charge is 0.127 e. The van der Waals surface area contributed by atoms with E-state index in [0.29, 0.717) is 6.54 Å². The Bertz CT molecular complexity index is 825. The highest BCUT2D eigenvalue weighted by Crippen LogP contribution is 2.36. The van der Waals surface area contributed by atoms with Gasteiger partial charge in [-0.1, -0.05) is 36.4 Å². The van der Waals surface area contributed by atoms with E-state index in [0.717, 1.165) is 49.8 Å². The predicted molar refractivity (Wildman–Crippen MR) is 111 cm³/mol. The maximum atomic E-state index is 5.62. The van der Waals surface area contributed by atoms with Gasteiger partial charge in [-0.2, -0.15) is 0 Å². The zero-order valence-electron chi connectivity index (χ0n) is 16.2. The molecule has 0 saturated carbocycles. The zero-order valence-corrected chi connectivity index (χ0v) is 16.2. The summed E-state index contributed by atoms with van der Waals surface area (Å²) in [6.45, 7) is 3.14. The standard InChI is InChI=1S/C22H28N4O/c1-26(2)16-18-7-5-6-17(14-18)15-23-21-22(10-12-27-13-11-22)25-20-9-4-3-8-19(20)24-21/h3-9,14,25H,10-13,15-16H2,1-2H3,(H,23,24). The molecule has 0 unspecified atom stereocenters. The summed E-state index contributed by atoms with van der Waals surface area (Å²) < 4.78 is 5.62. The molecule has 0 amide bonds. The van der Waals surface area contributed by atoms with Crippen molar-refractivity contribution in [2.24, 2.45) is 4.99 Å². The largest absolute Gasteiger partial charge is 0.381 e. The molecule has 0 aliphatic carbocycles. The van der Waals surface area contributed by atoms with Crippen LogP contribution in [0.5, 0.6) is 0 Å². The minimum atomic E-state index is -0.159. The molecular weight excluding hydrogens is 336 g/mol. The molecule has 0 bridgehead atoms. The van der Waals surface area contributed by atoms with E-state index in [4.69, 9.17) is 9.73 Å². The van der Waals surface area contributed by atoms with Crippen LogP contribution >= 0.6 is 0 Å². The highest BCUT2D eigenvalue weighted by Gasteiger charge is 2.41. The number of benzene rings is 2. The lowest BCUT2D eigenvalue weighted by atomic mass is 9.86. The number of nitrogens with one attached hydrogen (secondary N) is 2. The molecule has 2 N–H and O–H groups in total. The zero-order chi connectivity index (χ0) is 18.7. The summed E-state index contributed by atoms with van der Waals surface area (Å²) in [6.07, 6.45) is 1.85. The molecule has 5 heteroatoms. The lowest BCUT2D eigenvalue weighted by molar-refractivity contribution is 0.0778. The number of ether oxygens (including phenoxy) is 1. The van der Waals surface area contributed by atoms with Gasteiger partial charge in [-0.25, -0.2) is 0 Å². The van der Waals surface area contributed by atoms with Gasteiger partial charge in [0.15, 0.2) is 0 Å². The summed E-state index contributed by atoms with van der Waals surface area (Å²) in [5.41, 5.74) is 4.64. The Balaban J connectivity index is 1.60. The number of para-hydroxylation sites is 2. The first-order valence-corrected chi connectivity index (χ1v) is 9.64. The summed E-state index contributed by atoms with van der Waals surface area (Å²) in [7, 11) is 4.19. The number of fused-ring (bicyclic) bond motifs is 1. The molecule has 2 aliphatic rings. The van der Waals surface area contributed by atoms with Gasteiger partial charge in [-0.05, 0) is 37.4 Å². The molecule has 27 heavy (non-hydrogen) atoms. The molecule has 0 aromatic heterocycles. The van der Waals surface area contributed by atoms with Crippen LogP contribution in [0, 0.1) is 0 Å². The summed E-state index contributed by atoms with van der Waals surface area (Å²) in [5.74, 6) is 1.03. The Morgan fingerprint density at radius 2 is 1.74 bits per heavy atom. The van der Waals surface area contributed by atoms with Crippen molar-refractivity contribution in [3.8, 4) is 0 Å². The second-order valence-electron chi connectivity index (χ2n) is 7.71. The van der Waals surface area contributed by atoms with Gasteiger partial charge in [0.05, 0.1) is 23.5 Å². The van der Waals surface area contributed by atoms with E-state index in [9.17, 15) is 0 Å². The Hall–Kier alpha value is -2.37. The topological polar surface area (TPSA) is 48.9 Å². The van der Waals surface area contributed by atoms with E-state index < -0.39 is 0 Å². The maximum Gasteiger partial charge on any atom is 0.127 e. The monoisotopic (exact) mass is 364 g/mol. The summed E-state index contributed by atoms with van der Waals surface area (Å²) >= 11 is 0. The average Bonchev–Trinajstić information content (AvgIpc) is 2.67. The highest BCUT2D eigenvalue weighted by molar-refractivity contribution is 6.09. The molecule has 0 atom stereocenters. The third-order valence-electron chi connectivity index (χ3n) is 5.26. The van der Waals surface area contributed by atoms with Gasteiger partial charge in [0.2, 0.25) is 0 Å². The maximum absolute atomic E-state index is 5.62. The van der Waals surface area contributed by atoms with Crippen LogP contribution in [0.3, 0.4) is 0 Å². The van der Waals surface area contributed by atoms with Crippen molar-refractivity contribution in [1.29, 1.82) is 0 Å². The van der Waals surface area contributed by atoms with Gasteiger partial charge in [0, 0.05) is 32.6 Å². The van der Waals surface area contributed by atoms with Crippen molar-refractivity contribution in [2.75, 3.05) is 37.9 Å². The Kier molecular flexibility index (Phi) is 5.14. The SMILES string of the molecule is CN(C)Cc1cccc(CN=C2Nc3ccccc3NC23CCOCC3)c1. The summed E-state index contributed by atoms with van der Waals surface area (Å²) in [6, 6.07) is 17.1. The number of anilines is 2. The molecule has 5 nitrogen and oxygen atoms in total. The van der Waals surface area contributed by atoms with Crippen LogP contribution in [-0.2, 0) is 17.8 Å². The molecule has 2 heterocycles. The molecule has 0 radical (unpaired) electrons. The first-order valence-electron chi connectivity index (χ1n) is 9.64. The van der Waals surface area contributed by atoms with Crippen LogP contribution in [0.1, 0.15) is 24.0 Å². The number of hydrogen-bond donors (Lipinski definition) is 2. The summed E-state index contributed by atoms with van der Waals surface area (Å²) in [5, 5.41) is 7.35. The molecule has 142 valence electrons. The summed E-state index contributed by atoms with van der Waals surface area (Å²) in [4.78, 5) is 7.21. The molecule has 1 spiro atoms. The molecule has 1 fully saturated rings. The molecule has 1 saturated heterocycles. The predicted octanol–water partition coefficient (Wildman–Crippen LogP) is 3.73. The fourth-order valence-corrected chi connectivity index (χ4v) is 3.90. The quantitative estimate of drug-likeness (QED) is 0.868. The molecule has 2 aromatic carbocycles. The molecular formula is C22H28N4O. The van der Waals surface area contributed by atoms with E-state index in [1.54, 1.807) is 0 Å². The van der Waals surface area contributed by atoms with Crippen LogP contribution in [-0.4, -0.2) is 43.6 Å². The third kappa shape index (κ3) is 3.99. The van der Waals surface area contributed by atoms with Gasteiger partial charge in [0.1, 0.15) is 5.84 Å². The minimum Gasteiger partial charge on any atom is -0.381 e. The number of amidine groups is 1. The van der Waals surface area contributed by atoms with Crippen molar-refractivity contribution in [2.45, 2.75) is 31.5 Å². The van der Waals surface area contributed by atoms with Crippen LogP contribution in [0.4, 0.5) is 11.4 Å². The van der Waals surface area contributed by atoms with Gasteiger partial charge in [-0.3, -0.25) is 4.99 Å². The van der Waals surface area contributed by atoms with E-state index in [2.05, 4.69) is 78.2 Å². The number of nitrogens with zero attached hydrogens (tertiary/aromatic N) is 2. The van der Waals surface area contributed by atoms with Gasteiger partial charge in [-0.15, -0.1) is 0 Å². The van der Waals surface area contributed by atoms with E-state index in [1.165, 1.54) is 11.1 Å². The van der Waals surface area contributed by atoms with E-state index in [1.807, 2.05) is 0 Å². The number of rotatable bonds is 4. The highest BCUT2D eigenvalue weighted by atomic mass is 16.5. The van der Waals surface area contributed by atoms with Crippen molar-refractivity contribution < 1.29 is 4.74 Å². The Morgan fingerprint density at radius 3 is 2.52 bits per heavy atom. The molecule has 4 rings (SSSR count). The third-order valence-corrected chi connectivity index (χ3v) is 5.26. The normalized spacial score (nSPS) is 19.6. The van der Waals surface area contributed by atoms with E-state index >= 15 is 0 Å². The van der Waals surface area contributed by atoms with Crippen molar-refractivity contribution in [3.05, 3.63) is 59.7 Å². The van der Waals surface area contributed by atoms with E-state index in [-0.39, 0.29) is 5.54 Å². The Morgan fingerprint density at radius 1 is 1.00 bits per heavy atom. The number of aliphatic imine (C=N–C) groups is 1. The Labute approximate surface area is 161 Å². The average molecular weight is 364 g/mol. The minimum absolute atomic E-state index is 0.159. The van der Waals surface area contributed by atoms with Crippen molar-refractivity contribution in [3.63, 3.8) is 0 Å². The lowest BCUT2D eigenvalue weighted by Gasteiger charge is -2.43. The van der Waals surface area contributed by atoms with Crippen molar-refractivity contribution >= 4 is 17.2 Å². The fourth-order valence-electron chi connectivity index (χ4n) is 3.90.